The van der Waals surface area contributed by atoms with Gasteiger partial charge in [0.15, 0.2) is 0 Å². The number of hydrogen-bond acceptors (Lipinski definition) is 1. The van der Waals surface area contributed by atoms with E-state index in [2.05, 4.69) is 24.9 Å². The number of hydrogen-bond donors (Lipinski definition) is 2. The van der Waals surface area contributed by atoms with Crippen molar-refractivity contribution in [3.05, 3.63) is 29.5 Å². The molecule has 1 unspecified atom stereocenters. The number of rotatable bonds is 2. The third-order valence-corrected chi connectivity index (χ3v) is 4.20. The molecule has 1 aliphatic heterocycles. The molecule has 2 aromatic rings. The van der Waals surface area contributed by atoms with E-state index in [4.69, 9.17) is 5.73 Å². The van der Waals surface area contributed by atoms with Gasteiger partial charge in [0.25, 0.3) is 0 Å². The number of carbonyl (C=O) groups excluding carboxylic acids is 1. The molecule has 2 amide bonds. The standard InChI is InChI=1S/C15H19N3O/c1-3-9(2)13-8-11-10-6-7-18(15(16)19)14(10)5-4-12(11)17-13/h4-5,8-9,17H,3,6-7H2,1-2H3,(H2,16,19). The van der Waals surface area contributed by atoms with E-state index in [-0.39, 0.29) is 6.03 Å². The lowest BCUT2D eigenvalue weighted by Gasteiger charge is -2.13. The van der Waals surface area contributed by atoms with Crippen LogP contribution in [0.25, 0.3) is 10.9 Å². The maximum Gasteiger partial charge on any atom is 0.319 e. The van der Waals surface area contributed by atoms with Crippen LogP contribution in [0.1, 0.15) is 37.4 Å². The van der Waals surface area contributed by atoms with Gasteiger partial charge in [0, 0.05) is 28.8 Å². The van der Waals surface area contributed by atoms with Gasteiger partial charge >= 0.3 is 6.03 Å². The summed E-state index contributed by atoms with van der Waals surface area (Å²) in [5.74, 6) is 0.525. The molecule has 19 heavy (non-hydrogen) atoms. The lowest BCUT2D eigenvalue weighted by atomic mass is 10.0. The van der Waals surface area contributed by atoms with Crippen LogP contribution in [-0.4, -0.2) is 17.6 Å². The molecule has 0 saturated heterocycles. The number of H-pyrrole nitrogens is 1. The van der Waals surface area contributed by atoms with Crippen LogP contribution < -0.4 is 10.6 Å². The number of primary amides is 1. The van der Waals surface area contributed by atoms with Gasteiger partial charge in [0.05, 0.1) is 0 Å². The minimum absolute atomic E-state index is 0.365. The first-order chi connectivity index (χ1) is 9.11. The largest absolute Gasteiger partial charge is 0.358 e. The van der Waals surface area contributed by atoms with Crippen LogP contribution in [0.2, 0.25) is 0 Å². The Bertz CT molecular complexity index is 644. The van der Waals surface area contributed by atoms with Crippen molar-refractivity contribution in [3.8, 4) is 0 Å². The number of benzene rings is 1. The van der Waals surface area contributed by atoms with Crippen LogP contribution in [0.3, 0.4) is 0 Å². The number of fused-ring (bicyclic) bond motifs is 3. The summed E-state index contributed by atoms with van der Waals surface area (Å²) in [6, 6.07) is 5.90. The van der Waals surface area contributed by atoms with Gasteiger partial charge in [-0.2, -0.15) is 0 Å². The van der Waals surface area contributed by atoms with E-state index in [9.17, 15) is 4.79 Å². The Morgan fingerprint density at radius 1 is 1.53 bits per heavy atom. The van der Waals surface area contributed by atoms with E-state index < -0.39 is 0 Å². The van der Waals surface area contributed by atoms with Gasteiger partial charge in [-0.25, -0.2) is 4.79 Å². The van der Waals surface area contributed by atoms with Crippen molar-refractivity contribution in [3.63, 3.8) is 0 Å². The minimum Gasteiger partial charge on any atom is -0.358 e. The molecule has 2 heterocycles. The van der Waals surface area contributed by atoms with Crippen LogP contribution >= 0.6 is 0 Å². The molecule has 3 rings (SSSR count). The lowest BCUT2D eigenvalue weighted by Crippen LogP contribution is -2.33. The number of carbonyl (C=O) groups is 1. The molecule has 100 valence electrons. The molecule has 1 aliphatic rings. The Balaban J connectivity index is 2.13. The molecule has 1 aromatic heterocycles. The quantitative estimate of drug-likeness (QED) is 0.853. The smallest absolute Gasteiger partial charge is 0.319 e. The first kappa shape index (κ1) is 12.1. The van der Waals surface area contributed by atoms with E-state index in [1.165, 1.54) is 16.6 Å². The van der Waals surface area contributed by atoms with E-state index in [0.717, 1.165) is 24.0 Å². The molecule has 3 N–H and O–H groups in total. The molecule has 0 saturated carbocycles. The fourth-order valence-electron chi connectivity index (χ4n) is 2.85. The Labute approximate surface area is 112 Å². The average molecular weight is 257 g/mol. The van der Waals surface area contributed by atoms with Crippen molar-refractivity contribution in [2.45, 2.75) is 32.6 Å². The first-order valence-corrected chi connectivity index (χ1v) is 6.83. The summed E-state index contributed by atoms with van der Waals surface area (Å²) in [6.07, 6.45) is 2.00. The van der Waals surface area contributed by atoms with E-state index in [1.807, 2.05) is 12.1 Å². The Hall–Kier alpha value is -1.97. The van der Waals surface area contributed by atoms with Crippen LogP contribution in [-0.2, 0) is 6.42 Å². The van der Waals surface area contributed by atoms with Gasteiger partial charge in [-0.1, -0.05) is 13.8 Å². The third-order valence-electron chi connectivity index (χ3n) is 4.20. The van der Waals surface area contributed by atoms with Crippen molar-refractivity contribution in [1.82, 2.24) is 4.98 Å². The Morgan fingerprint density at radius 3 is 3.00 bits per heavy atom. The van der Waals surface area contributed by atoms with E-state index >= 15 is 0 Å². The Kier molecular flexibility index (Phi) is 2.73. The normalized spacial score (nSPS) is 15.8. The molecule has 1 atom stereocenters. The third kappa shape index (κ3) is 1.79. The summed E-state index contributed by atoms with van der Waals surface area (Å²) in [6.45, 7) is 5.10. The van der Waals surface area contributed by atoms with Gasteiger partial charge in [-0.15, -0.1) is 0 Å². The molecule has 4 heteroatoms. The molecule has 4 nitrogen and oxygen atoms in total. The van der Waals surface area contributed by atoms with Gasteiger partial charge < -0.3 is 10.7 Å². The summed E-state index contributed by atoms with van der Waals surface area (Å²) in [5, 5.41) is 1.23. The highest BCUT2D eigenvalue weighted by Gasteiger charge is 2.25. The van der Waals surface area contributed by atoms with Gasteiger partial charge in [-0.05, 0) is 42.5 Å². The Morgan fingerprint density at radius 2 is 2.32 bits per heavy atom. The number of aromatic amines is 1. The molecular weight excluding hydrogens is 238 g/mol. The summed E-state index contributed by atoms with van der Waals surface area (Å²) in [5.41, 5.74) is 10.0. The monoisotopic (exact) mass is 257 g/mol. The number of aromatic nitrogens is 1. The first-order valence-electron chi connectivity index (χ1n) is 6.83. The summed E-state index contributed by atoms with van der Waals surface area (Å²) in [4.78, 5) is 16.5. The van der Waals surface area contributed by atoms with Crippen molar-refractivity contribution in [2.75, 3.05) is 11.4 Å². The lowest BCUT2D eigenvalue weighted by molar-refractivity contribution is 0.254. The van der Waals surface area contributed by atoms with Gasteiger partial charge in [0.2, 0.25) is 0 Å². The highest BCUT2D eigenvalue weighted by molar-refractivity contribution is 5.99. The van der Waals surface area contributed by atoms with Crippen LogP contribution in [0.5, 0.6) is 0 Å². The highest BCUT2D eigenvalue weighted by Crippen LogP contribution is 2.35. The second kappa shape index (κ2) is 4.30. The maximum atomic E-state index is 11.4. The van der Waals surface area contributed by atoms with Gasteiger partial charge in [-0.3, -0.25) is 4.90 Å². The second-order valence-corrected chi connectivity index (χ2v) is 5.30. The summed E-state index contributed by atoms with van der Waals surface area (Å²) < 4.78 is 0. The minimum atomic E-state index is -0.365. The number of amides is 2. The van der Waals surface area contributed by atoms with Crippen molar-refractivity contribution in [1.29, 1.82) is 0 Å². The van der Waals surface area contributed by atoms with Crippen molar-refractivity contribution < 1.29 is 4.79 Å². The zero-order chi connectivity index (χ0) is 13.6. The predicted molar refractivity (Wildman–Crippen MR) is 77.6 cm³/mol. The molecule has 0 aliphatic carbocycles. The van der Waals surface area contributed by atoms with E-state index in [0.29, 0.717) is 12.5 Å². The zero-order valence-corrected chi connectivity index (χ0v) is 11.4. The summed E-state index contributed by atoms with van der Waals surface area (Å²) >= 11 is 0. The topological polar surface area (TPSA) is 62.1 Å². The molecule has 0 spiro atoms. The zero-order valence-electron chi connectivity index (χ0n) is 11.4. The van der Waals surface area contributed by atoms with Crippen molar-refractivity contribution >= 4 is 22.6 Å². The molecule has 1 aromatic carbocycles. The SMILES string of the molecule is CCC(C)c1cc2c3c(ccc2[nH]1)N(C(N)=O)CC3. The second-order valence-electron chi connectivity index (χ2n) is 5.30. The fourth-order valence-corrected chi connectivity index (χ4v) is 2.85. The van der Waals surface area contributed by atoms with Crippen LogP contribution in [0.4, 0.5) is 10.5 Å². The summed E-state index contributed by atoms with van der Waals surface area (Å²) in [7, 11) is 0. The maximum absolute atomic E-state index is 11.4. The number of nitrogens with two attached hydrogens (primary N) is 1. The number of nitrogens with one attached hydrogen (secondary N) is 1. The molecule has 0 radical (unpaired) electrons. The van der Waals surface area contributed by atoms with Crippen molar-refractivity contribution in [2.24, 2.45) is 5.73 Å². The number of nitrogens with zero attached hydrogens (tertiary/aromatic N) is 1. The molecule has 0 fully saturated rings. The highest BCUT2D eigenvalue weighted by atomic mass is 16.2. The van der Waals surface area contributed by atoms with Crippen LogP contribution in [0, 0.1) is 0 Å². The number of urea groups is 1. The predicted octanol–water partition coefficient (Wildman–Crippen LogP) is 3.12. The van der Waals surface area contributed by atoms with E-state index in [1.54, 1.807) is 4.90 Å². The number of anilines is 1. The average Bonchev–Trinajstić information content (AvgIpc) is 3.00. The van der Waals surface area contributed by atoms with Gasteiger partial charge in [0.1, 0.15) is 0 Å². The fraction of sp³-hybridized carbons (Fsp3) is 0.400. The molecule has 0 bridgehead atoms. The van der Waals surface area contributed by atoms with Crippen LogP contribution in [0.15, 0.2) is 18.2 Å². The molecular formula is C15H19N3O.